The molecule has 196 valence electrons. The number of hydrogen-bond acceptors (Lipinski definition) is 5. The third-order valence-corrected chi connectivity index (χ3v) is 7.07. The van der Waals surface area contributed by atoms with E-state index in [1.54, 1.807) is 28.0 Å². The van der Waals surface area contributed by atoms with Crippen LogP contribution in [-0.4, -0.2) is 53.5 Å². The SMILES string of the molecule is CC(C)c1cc(C(=O)N2CCC[C@@](COc3cccc(Cl)c3)(CC(=O)N(C)Cc3ccccc3)C2)on1. The Hall–Kier alpha value is -3.32. The van der Waals surface area contributed by atoms with Crippen LogP contribution in [0.25, 0.3) is 0 Å². The molecule has 0 unspecified atom stereocenters. The van der Waals surface area contributed by atoms with Crippen molar-refractivity contribution in [3.05, 3.63) is 82.7 Å². The molecule has 0 saturated carbocycles. The molecule has 0 bridgehead atoms. The van der Waals surface area contributed by atoms with Crippen molar-refractivity contribution in [1.82, 2.24) is 15.0 Å². The van der Waals surface area contributed by atoms with Gasteiger partial charge in [0.1, 0.15) is 5.75 Å². The summed E-state index contributed by atoms with van der Waals surface area (Å²) in [7, 11) is 1.81. The van der Waals surface area contributed by atoms with Crippen LogP contribution in [-0.2, 0) is 11.3 Å². The van der Waals surface area contributed by atoms with E-state index in [0.717, 1.165) is 24.1 Å². The minimum atomic E-state index is -0.556. The lowest BCUT2D eigenvalue weighted by Gasteiger charge is -2.42. The van der Waals surface area contributed by atoms with Crippen LogP contribution in [0.3, 0.4) is 0 Å². The second-order valence-corrected chi connectivity index (χ2v) is 10.7. The molecule has 1 aliphatic heterocycles. The van der Waals surface area contributed by atoms with Crippen LogP contribution in [0, 0.1) is 5.41 Å². The van der Waals surface area contributed by atoms with E-state index >= 15 is 0 Å². The molecule has 4 rings (SSSR count). The van der Waals surface area contributed by atoms with Gasteiger partial charge in [-0.3, -0.25) is 9.59 Å². The van der Waals surface area contributed by atoms with Gasteiger partial charge in [0.25, 0.3) is 5.91 Å². The van der Waals surface area contributed by atoms with E-state index < -0.39 is 5.41 Å². The lowest BCUT2D eigenvalue weighted by atomic mass is 9.77. The van der Waals surface area contributed by atoms with Crippen molar-refractivity contribution < 1.29 is 18.8 Å². The van der Waals surface area contributed by atoms with Gasteiger partial charge in [0, 0.05) is 49.6 Å². The number of likely N-dealkylation sites (tertiary alicyclic amines) is 1. The van der Waals surface area contributed by atoms with Gasteiger partial charge >= 0.3 is 0 Å². The number of benzene rings is 2. The largest absolute Gasteiger partial charge is 0.493 e. The summed E-state index contributed by atoms with van der Waals surface area (Å²) in [6.07, 6.45) is 1.77. The van der Waals surface area contributed by atoms with E-state index in [1.165, 1.54) is 0 Å². The molecule has 0 radical (unpaired) electrons. The summed E-state index contributed by atoms with van der Waals surface area (Å²) < 4.78 is 11.5. The van der Waals surface area contributed by atoms with Crippen LogP contribution in [0.2, 0.25) is 5.02 Å². The third-order valence-electron chi connectivity index (χ3n) is 6.83. The Morgan fingerprint density at radius 3 is 2.65 bits per heavy atom. The normalized spacial score (nSPS) is 17.6. The van der Waals surface area contributed by atoms with Gasteiger partial charge in [-0.2, -0.15) is 0 Å². The molecule has 2 aromatic carbocycles. The second kappa shape index (κ2) is 11.8. The van der Waals surface area contributed by atoms with Gasteiger partial charge in [0.05, 0.1) is 12.3 Å². The zero-order valence-electron chi connectivity index (χ0n) is 21.7. The Kier molecular flexibility index (Phi) is 8.54. The van der Waals surface area contributed by atoms with Crippen molar-refractivity contribution in [3.63, 3.8) is 0 Å². The van der Waals surface area contributed by atoms with Crippen LogP contribution < -0.4 is 4.74 Å². The first-order valence-corrected chi connectivity index (χ1v) is 13.0. The summed E-state index contributed by atoms with van der Waals surface area (Å²) in [6.45, 7) is 5.78. The van der Waals surface area contributed by atoms with Crippen molar-refractivity contribution in [2.45, 2.75) is 45.6 Å². The predicted octanol–water partition coefficient (Wildman–Crippen LogP) is 5.80. The molecular formula is C29H34ClN3O4. The smallest absolute Gasteiger partial charge is 0.292 e. The first-order valence-electron chi connectivity index (χ1n) is 12.7. The first-order chi connectivity index (χ1) is 17.7. The van der Waals surface area contributed by atoms with Gasteiger partial charge in [-0.1, -0.05) is 67.0 Å². The van der Waals surface area contributed by atoms with Crippen LogP contribution in [0.5, 0.6) is 5.75 Å². The van der Waals surface area contributed by atoms with Gasteiger partial charge in [-0.05, 0) is 42.5 Å². The highest BCUT2D eigenvalue weighted by Gasteiger charge is 2.41. The first kappa shape index (κ1) is 26.7. The van der Waals surface area contributed by atoms with Crippen LogP contribution >= 0.6 is 11.6 Å². The van der Waals surface area contributed by atoms with E-state index in [4.69, 9.17) is 20.9 Å². The van der Waals surface area contributed by atoms with Crippen LogP contribution in [0.1, 0.15) is 60.8 Å². The summed E-state index contributed by atoms with van der Waals surface area (Å²) in [5.41, 5.74) is 1.25. The number of carbonyl (C=O) groups excluding carboxylic acids is 2. The number of hydrogen-bond donors (Lipinski definition) is 0. The molecule has 1 atom stereocenters. The monoisotopic (exact) mass is 523 g/mol. The molecule has 1 aromatic heterocycles. The topological polar surface area (TPSA) is 75.9 Å². The van der Waals surface area contributed by atoms with Crippen molar-refractivity contribution in [2.75, 3.05) is 26.7 Å². The maximum Gasteiger partial charge on any atom is 0.292 e. The quantitative estimate of drug-likeness (QED) is 0.354. The fraction of sp³-hybridized carbons (Fsp3) is 0.414. The zero-order chi connectivity index (χ0) is 26.4. The lowest BCUT2D eigenvalue weighted by Crippen LogP contribution is -2.50. The van der Waals surface area contributed by atoms with Gasteiger partial charge < -0.3 is 19.1 Å². The molecule has 2 heterocycles. The van der Waals surface area contributed by atoms with Gasteiger partial charge in [0.2, 0.25) is 11.7 Å². The number of carbonyl (C=O) groups is 2. The Morgan fingerprint density at radius 2 is 1.95 bits per heavy atom. The number of amides is 2. The Morgan fingerprint density at radius 1 is 1.16 bits per heavy atom. The Bertz CT molecular complexity index is 1210. The van der Waals surface area contributed by atoms with Crippen molar-refractivity contribution in [2.24, 2.45) is 5.41 Å². The minimum absolute atomic E-state index is 0.00889. The second-order valence-electron chi connectivity index (χ2n) is 10.3. The number of ether oxygens (including phenoxy) is 1. The van der Waals surface area contributed by atoms with Gasteiger partial charge in [-0.25, -0.2) is 0 Å². The summed E-state index contributed by atoms with van der Waals surface area (Å²) in [5, 5.41) is 4.62. The number of rotatable bonds is 9. The molecule has 2 amide bonds. The highest BCUT2D eigenvalue weighted by atomic mass is 35.5. The van der Waals surface area contributed by atoms with Crippen LogP contribution in [0.4, 0.5) is 0 Å². The van der Waals surface area contributed by atoms with E-state index in [1.807, 2.05) is 63.4 Å². The maximum absolute atomic E-state index is 13.4. The number of piperidine rings is 1. The molecule has 0 N–H and O–H groups in total. The van der Waals surface area contributed by atoms with E-state index in [-0.39, 0.29) is 36.5 Å². The molecule has 1 fully saturated rings. The standard InChI is InChI=1S/C29H34ClN3O4/c1-21(2)25-16-26(37-31-25)28(35)33-14-8-13-29(19-33,20-36-24-12-7-11-23(30)15-24)17-27(34)32(3)18-22-9-5-4-6-10-22/h4-7,9-12,15-16,21H,8,13-14,17-20H2,1-3H3/t29-/m1/s1. The summed E-state index contributed by atoms with van der Waals surface area (Å²) in [6, 6.07) is 18.8. The highest BCUT2D eigenvalue weighted by Crippen LogP contribution is 2.36. The van der Waals surface area contributed by atoms with E-state index in [2.05, 4.69) is 5.16 Å². The van der Waals surface area contributed by atoms with E-state index in [0.29, 0.717) is 30.4 Å². The molecule has 3 aromatic rings. The third kappa shape index (κ3) is 6.92. The lowest BCUT2D eigenvalue weighted by molar-refractivity contribution is -0.134. The Balaban J connectivity index is 1.52. The molecule has 1 saturated heterocycles. The number of halogens is 1. The minimum Gasteiger partial charge on any atom is -0.493 e. The average Bonchev–Trinajstić information content (AvgIpc) is 3.39. The van der Waals surface area contributed by atoms with Crippen molar-refractivity contribution >= 4 is 23.4 Å². The maximum atomic E-state index is 13.4. The molecule has 0 aliphatic carbocycles. The Labute approximate surface area is 223 Å². The van der Waals surface area contributed by atoms with Crippen LogP contribution in [0.15, 0.2) is 65.2 Å². The fourth-order valence-corrected chi connectivity index (χ4v) is 4.89. The van der Waals surface area contributed by atoms with Crippen molar-refractivity contribution in [3.8, 4) is 5.75 Å². The molecule has 1 aliphatic rings. The molecular weight excluding hydrogens is 490 g/mol. The zero-order valence-corrected chi connectivity index (χ0v) is 22.4. The number of nitrogens with zero attached hydrogens (tertiary/aromatic N) is 3. The van der Waals surface area contributed by atoms with Gasteiger partial charge in [0.15, 0.2) is 0 Å². The highest BCUT2D eigenvalue weighted by molar-refractivity contribution is 6.30. The molecule has 7 nitrogen and oxygen atoms in total. The summed E-state index contributed by atoms with van der Waals surface area (Å²) in [4.78, 5) is 30.3. The average molecular weight is 524 g/mol. The summed E-state index contributed by atoms with van der Waals surface area (Å²) in [5.74, 6) is 0.820. The summed E-state index contributed by atoms with van der Waals surface area (Å²) >= 11 is 6.15. The number of aromatic nitrogens is 1. The molecule has 0 spiro atoms. The molecule has 37 heavy (non-hydrogen) atoms. The fourth-order valence-electron chi connectivity index (χ4n) is 4.71. The van der Waals surface area contributed by atoms with E-state index in [9.17, 15) is 9.59 Å². The van der Waals surface area contributed by atoms with Crippen molar-refractivity contribution in [1.29, 1.82) is 0 Å². The van der Waals surface area contributed by atoms with Gasteiger partial charge in [-0.15, -0.1) is 0 Å². The predicted molar refractivity (Wildman–Crippen MR) is 143 cm³/mol. The molecule has 8 heteroatoms.